The number of aromatic nitrogens is 2. The van der Waals surface area contributed by atoms with Crippen LogP contribution in [0.4, 0.5) is 0 Å². The molecule has 180 valence electrons. The van der Waals surface area contributed by atoms with Gasteiger partial charge in [0.1, 0.15) is 18.2 Å². The zero-order valence-electron chi connectivity index (χ0n) is 19.0. The van der Waals surface area contributed by atoms with Crippen LogP contribution in [0.15, 0.2) is 30.7 Å². The molecule has 1 fully saturated rings. The van der Waals surface area contributed by atoms with Crippen LogP contribution in [0.25, 0.3) is 0 Å². The Morgan fingerprint density at radius 1 is 1.18 bits per heavy atom. The fourth-order valence-electron chi connectivity index (χ4n) is 4.19. The van der Waals surface area contributed by atoms with Crippen molar-refractivity contribution in [2.24, 2.45) is 5.92 Å². The van der Waals surface area contributed by atoms with Crippen molar-refractivity contribution in [3.63, 3.8) is 0 Å². The first kappa shape index (κ1) is 25.5. The predicted molar refractivity (Wildman–Crippen MR) is 128 cm³/mol. The number of aliphatic carboxylic acids is 1. The second kappa shape index (κ2) is 11.9. The van der Waals surface area contributed by atoms with E-state index >= 15 is 0 Å². The van der Waals surface area contributed by atoms with Crippen LogP contribution in [-0.2, 0) is 27.3 Å². The molecule has 1 aliphatic rings. The van der Waals surface area contributed by atoms with E-state index in [-0.39, 0.29) is 18.4 Å². The molecule has 1 aliphatic carbocycles. The Hall–Kier alpha value is -2.09. The average molecular weight is 496 g/mol. The summed E-state index contributed by atoms with van der Waals surface area (Å²) in [7, 11) is 0. The highest BCUT2D eigenvalue weighted by molar-refractivity contribution is 6.34. The van der Waals surface area contributed by atoms with Crippen molar-refractivity contribution in [2.75, 3.05) is 0 Å². The molecule has 0 spiro atoms. The van der Waals surface area contributed by atoms with E-state index in [1.807, 2.05) is 30.5 Å². The molecule has 2 aromatic rings. The second-order valence-corrected chi connectivity index (χ2v) is 9.95. The molecule has 1 saturated carbocycles. The maximum atomic E-state index is 13.1. The number of nitrogens with zero attached hydrogens (tertiary/aromatic N) is 2. The SMILES string of the molecule is CC(C)CC(NC(Cc1cncn1Cc1cc(Cl)cc(Cl)c1)C(=O)OC1CCCC1)C(=O)O. The number of carboxylic acid groups (broad SMARTS) is 1. The minimum atomic E-state index is -0.982. The van der Waals surface area contributed by atoms with Gasteiger partial charge >= 0.3 is 11.9 Å². The van der Waals surface area contributed by atoms with Crippen LogP contribution < -0.4 is 5.32 Å². The number of esters is 1. The van der Waals surface area contributed by atoms with Crippen molar-refractivity contribution in [3.8, 4) is 0 Å². The summed E-state index contributed by atoms with van der Waals surface area (Å²) < 4.78 is 7.64. The molecule has 2 unspecified atom stereocenters. The first-order valence-corrected chi connectivity index (χ1v) is 12.1. The monoisotopic (exact) mass is 495 g/mol. The van der Waals surface area contributed by atoms with Gasteiger partial charge in [-0.1, -0.05) is 37.0 Å². The zero-order chi connectivity index (χ0) is 24.0. The van der Waals surface area contributed by atoms with Crippen LogP contribution >= 0.6 is 23.2 Å². The van der Waals surface area contributed by atoms with Gasteiger partial charge in [-0.05, 0) is 61.8 Å². The number of rotatable bonds is 11. The summed E-state index contributed by atoms with van der Waals surface area (Å²) in [5, 5.41) is 13.8. The molecular weight excluding hydrogens is 465 g/mol. The maximum absolute atomic E-state index is 13.1. The number of carboxylic acids is 1. The van der Waals surface area contributed by atoms with Gasteiger partial charge in [0.2, 0.25) is 0 Å². The number of carbonyl (C=O) groups excluding carboxylic acids is 1. The average Bonchev–Trinajstić information content (AvgIpc) is 3.37. The standard InChI is InChI=1S/C24H31Cl2N3O4/c1-15(2)7-21(23(30)31)28-22(24(32)33-20-5-3-4-6-20)11-19-12-27-14-29(19)13-16-8-17(25)10-18(26)9-16/h8-10,12,14-15,20-22,28H,3-7,11,13H2,1-2H3,(H,30,31). The molecule has 2 atom stereocenters. The molecule has 9 heteroatoms. The lowest BCUT2D eigenvalue weighted by Crippen LogP contribution is -2.50. The fourth-order valence-corrected chi connectivity index (χ4v) is 4.76. The van der Waals surface area contributed by atoms with Crippen molar-refractivity contribution >= 4 is 35.1 Å². The third-order valence-corrected chi connectivity index (χ3v) is 6.20. The molecule has 2 N–H and O–H groups in total. The van der Waals surface area contributed by atoms with Gasteiger partial charge < -0.3 is 14.4 Å². The Morgan fingerprint density at radius 2 is 1.85 bits per heavy atom. The number of benzene rings is 1. The van der Waals surface area contributed by atoms with Crippen LogP contribution in [0.5, 0.6) is 0 Å². The molecule has 3 rings (SSSR count). The molecule has 1 aromatic heterocycles. The van der Waals surface area contributed by atoms with Crippen molar-refractivity contribution in [1.29, 1.82) is 0 Å². The molecule has 0 aliphatic heterocycles. The van der Waals surface area contributed by atoms with Crippen LogP contribution in [0.1, 0.15) is 57.2 Å². The fraction of sp³-hybridized carbons (Fsp3) is 0.542. The van der Waals surface area contributed by atoms with Gasteiger partial charge in [-0.3, -0.25) is 14.9 Å². The van der Waals surface area contributed by atoms with Crippen molar-refractivity contribution < 1.29 is 19.4 Å². The summed E-state index contributed by atoms with van der Waals surface area (Å²) in [4.78, 5) is 29.2. The third kappa shape index (κ3) is 7.73. The molecule has 7 nitrogen and oxygen atoms in total. The summed E-state index contributed by atoms with van der Waals surface area (Å²) in [6.45, 7) is 4.37. The van der Waals surface area contributed by atoms with E-state index in [0.717, 1.165) is 36.9 Å². The van der Waals surface area contributed by atoms with E-state index in [4.69, 9.17) is 27.9 Å². The highest BCUT2D eigenvalue weighted by Gasteiger charge is 2.31. The summed E-state index contributed by atoms with van der Waals surface area (Å²) >= 11 is 12.3. The van der Waals surface area contributed by atoms with E-state index in [2.05, 4.69) is 10.3 Å². The Bertz CT molecular complexity index is 937. The first-order valence-electron chi connectivity index (χ1n) is 11.3. The lowest BCUT2D eigenvalue weighted by Gasteiger charge is -2.25. The Labute approximate surface area is 204 Å². The molecule has 1 heterocycles. The molecule has 0 radical (unpaired) electrons. The molecular formula is C24H31Cl2N3O4. The van der Waals surface area contributed by atoms with Crippen LogP contribution in [0, 0.1) is 5.92 Å². The van der Waals surface area contributed by atoms with Gasteiger partial charge in [-0.15, -0.1) is 0 Å². The summed E-state index contributed by atoms with van der Waals surface area (Å²) in [5.41, 5.74) is 1.67. The molecule has 0 bridgehead atoms. The number of carbonyl (C=O) groups is 2. The predicted octanol–water partition coefficient (Wildman–Crippen LogP) is 4.72. The van der Waals surface area contributed by atoms with Crippen LogP contribution in [0.2, 0.25) is 10.0 Å². The molecule has 1 aromatic carbocycles. The third-order valence-electron chi connectivity index (χ3n) is 5.76. The van der Waals surface area contributed by atoms with Crippen LogP contribution in [0.3, 0.4) is 0 Å². The molecule has 0 saturated heterocycles. The Morgan fingerprint density at radius 3 is 2.45 bits per heavy atom. The topological polar surface area (TPSA) is 93.5 Å². The quantitative estimate of drug-likeness (QED) is 0.437. The Balaban J connectivity index is 1.79. The lowest BCUT2D eigenvalue weighted by molar-refractivity contribution is -0.152. The first-order chi connectivity index (χ1) is 15.7. The smallest absolute Gasteiger partial charge is 0.323 e. The minimum absolute atomic E-state index is 0.103. The van der Waals surface area contributed by atoms with Gasteiger partial charge in [0.15, 0.2) is 0 Å². The van der Waals surface area contributed by atoms with Crippen molar-refractivity contribution in [1.82, 2.24) is 14.9 Å². The van der Waals surface area contributed by atoms with Gasteiger partial charge in [-0.2, -0.15) is 0 Å². The highest BCUT2D eigenvalue weighted by Crippen LogP contribution is 2.23. The minimum Gasteiger partial charge on any atom is -0.480 e. The summed E-state index contributed by atoms with van der Waals surface area (Å²) in [6, 6.07) is 3.66. The Kier molecular flexibility index (Phi) is 9.18. The van der Waals surface area contributed by atoms with E-state index in [1.54, 1.807) is 18.6 Å². The largest absolute Gasteiger partial charge is 0.480 e. The zero-order valence-corrected chi connectivity index (χ0v) is 20.5. The van der Waals surface area contributed by atoms with E-state index in [1.165, 1.54) is 0 Å². The summed E-state index contributed by atoms with van der Waals surface area (Å²) in [6.07, 6.45) is 7.68. The van der Waals surface area contributed by atoms with E-state index in [9.17, 15) is 14.7 Å². The molecule has 33 heavy (non-hydrogen) atoms. The van der Waals surface area contributed by atoms with Gasteiger partial charge in [-0.25, -0.2) is 4.98 Å². The van der Waals surface area contributed by atoms with E-state index < -0.39 is 24.0 Å². The number of hydrogen-bond donors (Lipinski definition) is 2. The normalized spacial score (nSPS) is 16.2. The lowest BCUT2D eigenvalue weighted by atomic mass is 10.0. The van der Waals surface area contributed by atoms with Gasteiger partial charge in [0.05, 0.1) is 6.33 Å². The van der Waals surface area contributed by atoms with Crippen molar-refractivity contribution in [3.05, 3.63) is 52.0 Å². The highest BCUT2D eigenvalue weighted by atomic mass is 35.5. The van der Waals surface area contributed by atoms with Crippen LogP contribution in [-0.4, -0.2) is 44.8 Å². The molecule has 0 amide bonds. The van der Waals surface area contributed by atoms with E-state index in [0.29, 0.717) is 23.0 Å². The van der Waals surface area contributed by atoms with Gasteiger partial charge in [0, 0.05) is 34.9 Å². The van der Waals surface area contributed by atoms with Gasteiger partial charge in [0.25, 0.3) is 0 Å². The number of ether oxygens (including phenoxy) is 1. The van der Waals surface area contributed by atoms with Crippen molar-refractivity contribution in [2.45, 2.75) is 77.1 Å². The summed E-state index contributed by atoms with van der Waals surface area (Å²) in [5.74, 6) is -1.25. The maximum Gasteiger partial charge on any atom is 0.323 e. The number of halogens is 2. The number of hydrogen-bond acceptors (Lipinski definition) is 5. The second-order valence-electron chi connectivity index (χ2n) is 9.08. The number of nitrogens with one attached hydrogen (secondary N) is 1. The number of imidazole rings is 1.